The number of nitrogens with zero attached hydrogens (tertiary/aromatic N) is 8. The first kappa shape index (κ1) is 67.3. The summed E-state index contributed by atoms with van der Waals surface area (Å²) < 4.78 is 23.0. The predicted molar refractivity (Wildman–Crippen MR) is 484 cm³/mol. The molecule has 0 N–H and O–H groups in total. The zero-order valence-electron chi connectivity index (χ0n) is 63.3. The maximum absolute atomic E-state index is 9.50. The molecule has 24 rings (SSSR count). The monoisotopic (exact) mass is 1500 g/mol. The van der Waals surface area contributed by atoms with Crippen molar-refractivity contribution in [3.8, 4) is 96.1 Å². The number of fused-ring (bicyclic) bond motifs is 22. The molecule has 0 saturated heterocycles. The van der Waals surface area contributed by atoms with Gasteiger partial charge in [-0.1, -0.05) is 218 Å². The van der Waals surface area contributed by atoms with Crippen molar-refractivity contribution in [1.29, 1.82) is 5.26 Å². The van der Waals surface area contributed by atoms with Crippen molar-refractivity contribution in [2.45, 2.75) is 0 Å². The molecule has 0 aliphatic heterocycles. The molecule has 7 heterocycles. The van der Waals surface area contributed by atoms with Crippen molar-refractivity contribution in [1.82, 2.24) is 28.2 Å². The molecule has 0 fully saturated rings. The second kappa shape index (κ2) is 27.2. The predicted octanol–water partition coefficient (Wildman–Crippen LogP) is 28.8. The van der Waals surface area contributed by atoms with E-state index in [0.29, 0.717) is 17.1 Å². The highest BCUT2D eigenvalue weighted by Gasteiger charge is 2.27. The largest absolute Gasteiger partial charge is 0.455 e. The second-order valence-corrected chi connectivity index (χ2v) is 30.1. The lowest BCUT2D eigenvalue weighted by atomic mass is 9.93. The molecule has 0 saturated carbocycles. The van der Waals surface area contributed by atoms with Gasteiger partial charge in [-0.25, -0.2) is 14.8 Å². The van der Waals surface area contributed by atoms with Gasteiger partial charge in [0.2, 0.25) is 0 Å². The van der Waals surface area contributed by atoms with Crippen LogP contribution in [-0.2, 0) is 0 Å². The fourth-order valence-corrected chi connectivity index (χ4v) is 18.2. The zero-order valence-corrected chi connectivity index (χ0v) is 63.3. The summed E-state index contributed by atoms with van der Waals surface area (Å²) in [6.07, 6.45) is 0. The number of hydrogen-bond donors (Lipinski definition) is 0. The Kier molecular flexibility index (Phi) is 15.5. The Morgan fingerprint density at radius 1 is 0.263 bits per heavy atom. The molecule has 548 valence electrons. The molecule has 118 heavy (non-hydrogen) atoms. The summed E-state index contributed by atoms with van der Waals surface area (Å²) in [4.78, 5) is 13.8. The Labute approximate surface area is 676 Å². The Morgan fingerprint density at radius 2 is 0.644 bits per heavy atom. The van der Waals surface area contributed by atoms with Gasteiger partial charge in [0, 0.05) is 93.3 Å². The van der Waals surface area contributed by atoms with Crippen LogP contribution in [0.2, 0.25) is 0 Å². The lowest BCUT2D eigenvalue weighted by Crippen LogP contribution is -1.97. The Morgan fingerprint density at radius 3 is 1.13 bits per heavy atom. The maximum Gasteiger partial charge on any atom is 0.187 e. The summed E-state index contributed by atoms with van der Waals surface area (Å²) in [6.45, 7) is 7.48. The first-order valence-corrected chi connectivity index (χ1v) is 39.5. The highest BCUT2D eigenvalue weighted by molar-refractivity contribution is 6.33. The summed E-state index contributed by atoms with van der Waals surface area (Å²) in [5.74, 6) is 0.690. The third-order valence-electron chi connectivity index (χ3n) is 23.5. The number of hydrogen-bond acceptors (Lipinski definition) is 5. The summed E-state index contributed by atoms with van der Waals surface area (Å²) in [6, 6.07) is 138. The van der Waals surface area contributed by atoms with Crippen molar-refractivity contribution < 1.29 is 8.83 Å². The summed E-state index contributed by atoms with van der Waals surface area (Å²) >= 11 is 0. The van der Waals surface area contributed by atoms with Crippen LogP contribution in [0.15, 0.2) is 397 Å². The fraction of sp³-hybridized carbons (Fsp3) is 0. The lowest BCUT2D eigenvalue weighted by Gasteiger charge is -2.14. The molecule has 7 aromatic heterocycles. The van der Waals surface area contributed by atoms with Crippen molar-refractivity contribution in [2.75, 3.05) is 0 Å². The van der Waals surface area contributed by atoms with Crippen LogP contribution < -0.4 is 0 Å². The summed E-state index contributed by atoms with van der Waals surface area (Å²) in [7, 11) is 0. The molecule has 0 atom stereocenters. The minimum atomic E-state index is 0.607. The van der Waals surface area contributed by atoms with Crippen molar-refractivity contribution in [2.24, 2.45) is 0 Å². The van der Waals surface area contributed by atoms with E-state index in [1.54, 1.807) is 0 Å². The van der Waals surface area contributed by atoms with Gasteiger partial charge in [0.05, 0.1) is 84.5 Å². The van der Waals surface area contributed by atoms with E-state index in [1.807, 2.05) is 97.1 Å². The average Bonchev–Trinajstić information content (AvgIpc) is 1.54. The third-order valence-corrected chi connectivity index (χ3v) is 23.5. The Balaban J connectivity index is 0.000000139. The topological polar surface area (TPSA) is 99.9 Å². The first-order chi connectivity index (χ1) is 58.4. The average molecular weight is 1510 g/mol. The molecular formula is C108H64N8O2. The molecular weight excluding hydrogens is 1440 g/mol. The highest BCUT2D eigenvalue weighted by Crippen LogP contribution is 2.49. The van der Waals surface area contributed by atoms with E-state index in [9.17, 15) is 5.26 Å². The Bertz CT molecular complexity index is 8150. The minimum absolute atomic E-state index is 0.607. The molecule has 0 aliphatic rings. The smallest absolute Gasteiger partial charge is 0.187 e. The summed E-state index contributed by atoms with van der Waals surface area (Å²) in [5.41, 5.74) is 29.3. The van der Waals surface area contributed by atoms with Crippen molar-refractivity contribution >= 4 is 137 Å². The molecule has 10 heteroatoms. The van der Waals surface area contributed by atoms with E-state index < -0.39 is 0 Å². The van der Waals surface area contributed by atoms with Gasteiger partial charge in [-0.15, -0.1) is 0 Å². The van der Waals surface area contributed by atoms with Gasteiger partial charge in [-0.2, -0.15) is 5.26 Å². The van der Waals surface area contributed by atoms with Crippen LogP contribution >= 0.6 is 0 Å². The number of benzene rings is 17. The van der Waals surface area contributed by atoms with Gasteiger partial charge in [-0.05, 0) is 203 Å². The van der Waals surface area contributed by atoms with Gasteiger partial charge in [0.1, 0.15) is 22.3 Å². The van der Waals surface area contributed by atoms with E-state index in [1.165, 1.54) is 21.5 Å². The standard InChI is InChI=1S/C56H32N4O.C52H32N4O/c1-58-42-24-22-37(23-25-42)40-30-39(36-20-18-35(34-57)19-21-36)31-41(32-40)38-10-9-13-44(33-38)59-49-16-7-5-15-47(49)53-50(59)29-27-48-54-51(60(55(48)53)43-11-3-2-4-12-43)28-26-46-45-14-6-8-17-52(45)61-56(46)54;1-4-14-33(15-5-1)42-32-43(34-16-6-2-7-17-34)54-52(53-42)35-24-26-37(27-25-35)55-44-22-12-10-21-40(44)48-45(55)31-29-41-49-46(56(50(41)48)36-18-8-3-9-19-36)30-28-39-38-20-11-13-23-47(38)57-51(39)49/h2-33H;1-32H. The van der Waals surface area contributed by atoms with Crippen LogP contribution in [-0.4, -0.2) is 28.2 Å². The molecule has 0 amide bonds. The van der Waals surface area contributed by atoms with Crippen LogP contribution in [0.4, 0.5) is 5.69 Å². The van der Waals surface area contributed by atoms with Crippen LogP contribution in [0.25, 0.3) is 226 Å². The van der Waals surface area contributed by atoms with Gasteiger partial charge in [0.15, 0.2) is 11.5 Å². The van der Waals surface area contributed by atoms with E-state index in [4.69, 9.17) is 25.4 Å². The molecule has 0 unspecified atom stereocenters. The van der Waals surface area contributed by atoms with E-state index in [2.05, 4.69) is 320 Å². The van der Waals surface area contributed by atoms with Crippen molar-refractivity contribution in [3.05, 3.63) is 405 Å². The Hall–Kier alpha value is -16.4. The summed E-state index contributed by atoms with van der Waals surface area (Å²) in [5, 5.41) is 23.2. The van der Waals surface area contributed by atoms with E-state index >= 15 is 0 Å². The van der Waals surface area contributed by atoms with E-state index in [0.717, 1.165) is 194 Å². The van der Waals surface area contributed by atoms with Gasteiger partial charge >= 0.3 is 0 Å². The molecule has 0 aliphatic carbocycles. The van der Waals surface area contributed by atoms with Crippen LogP contribution in [0, 0.1) is 17.9 Å². The van der Waals surface area contributed by atoms with Crippen LogP contribution in [0.1, 0.15) is 5.56 Å². The fourth-order valence-electron chi connectivity index (χ4n) is 18.2. The molecule has 17 aromatic carbocycles. The molecule has 24 aromatic rings. The SMILES string of the molecule is [C-]#[N+]c1ccc(-c2cc(-c3ccc(C#N)cc3)cc(-c3cccc(-n4c5ccccc5c5c4ccc4c6c7oc8ccccc8c7ccc6n(-c6ccccc6)c45)c3)c2)cc1.c1ccc(-c2cc(-c3ccccc3)nc(-c3ccc(-n4c5ccccc5c5c4ccc4c6c7oc8ccccc8c7ccc6n(-c6ccccc6)c45)cc3)n2)cc1. The highest BCUT2D eigenvalue weighted by atomic mass is 16.3. The third kappa shape index (κ3) is 10.8. The van der Waals surface area contributed by atoms with Gasteiger partial charge < -0.3 is 27.1 Å². The minimum Gasteiger partial charge on any atom is -0.455 e. The molecule has 0 bridgehead atoms. The van der Waals surface area contributed by atoms with Crippen LogP contribution in [0.5, 0.6) is 0 Å². The quantitative estimate of drug-likeness (QED) is 0.127. The first-order valence-electron chi connectivity index (χ1n) is 39.5. The number of nitriles is 1. The number of para-hydroxylation sites is 6. The lowest BCUT2D eigenvalue weighted by molar-refractivity contribution is 0.672. The normalized spacial score (nSPS) is 11.7. The van der Waals surface area contributed by atoms with Gasteiger partial charge in [-0.3, -0.25) is 0 Å². The number of aromatic nitrogens is 6. The molecule has 0 radical (unpaired) electrons. The van der Waals surface area contributed by atoms with Crippen LogP contribution in [0.3, 0.4) is 0 Å². The number of rotatable bonds is 10. The van der Waals surface area contributed by atoms with Gasteiger partial charge in [0.25, 0.3) is 0 Å². The second-order valence-electron chi connectivity index (χ2n) is 30.1. The van der Waals surface area contributed by atoms with Crippen molar-refractivity contribution in [3.63, 3.8) is 0 Å². The zero-order chi connectivity index (χ0) is 78.1. The maximum atomic E-state index is 9.50. The molecule has 10 nitrogen and oxygen atoms in total. The van der Waals surface area contributed by atoms with E-state index in [-0.39, 0.29) is 0 Å². The molecule has 0 spiro atoms. The number of furan rings is 2.